The molecule has 3 aromatic rings. The van der Waals surface area contributed by atoms with Crippen LogP contribution in [0.15, 0.2) is 36.8 Å². The molecule has 0 saturated carbocycles. The smallest absolute Gasteiger partial charge is 0.227 e. The van der Waals surface area contributed by atoms with E-state index in [1.807, 2.05) is 35.8 Å². The molecule has 2 bridgehead atoms. The van der Waals surface area contributed by atoms with Crippen LogP contribution in [-0.2, 0) is 17.6 Å². The lowest BCUT2D eigenvalue weighted by Crippen LogP contribution is -2.43. The second-order valence-corrected chi connectivity index (χ2v) is 7.00. The Morgan fingerprint density at radius 1 is 1.28 bits per heavy atom. The van der Waals surface area contributed by atoms with Crippen molar-refractivity contribution < 1.29 is 4.79 Å². The van der Waals surface area contributed by atoms with E-state index < -0.39 is 0 Å². The van der Waals surface area contributed by atoms with Crippen molar-refractivity contribution in [2.45, 2.75) is 44.7 Å². The van der Waals surface area contributed by atoms with E-state index in [0.29, 0.717) is 6.42 Å². The van der Waals surface area contributed by atoms with Gasteiger partial charge in [-0.25, -0.2) is 9.50 Å². The van der Waals surface area contributed by atoms with Gasteiger partial charge in [-0.15, -0.1) is 0 Å². The molecule has 0 N–H and O–H groups in total. The van der Waals surface area contributed by atoms with Gasteiger partial charge in [0.2, 0.25) is 5.91 Å². The molecule has 0 spiro atoms. The fourth-order valence-electron chi connectivity index (χ4n) is 4.35. The molecule has 0 aromatic carbocycles. The zero-order chi connectivity index (χ0) is 17.0. The minimum Gasteiger partial charge on any atom is -0.332 e. The standard InChI is InChI=1S/C19H19N5O/c1-12-8-18-21-11-15-16-3-2-14(10-17(15)24(18)22-12)23(16)19(25)9-13-4-6-20-7-5-13/h4-8,11,14,16H,2-3,9-10H2,1H3/t14-,16+/m1/s1. The normalized spacial score (nSPS) is 21.6. The van der Waals surface area contributed by atoms with Crippen molar-refractivity contribution in [3.8, 4) is 0 Å². The van der Waals surface area contributed by atoms with Crippen LogP contribution in [0.4, 0.5) is 0 Å². The number of aryl methyl sites for hydroxylation is 1. The lowest BCUT2D eigenvalue weighted by Gasteiger charge is -2.36. The summed E-state index contributed by atoms with van der Waals surface area (Å²) in [5.74, 6) is 0.195. The Morgan fingerprint density at radius 3 is 2.96 bits per heavy atom. The maximum Gasteiger partial charge on any atom is 0.227 e. The van der Waals surface area contributed by atoms with Crippen LogP contribution in [0.3, 0.4) is 0 Å². The monoisotopic (exact) mass is 333 g/mol. The molecule has 2 atom stereocenters. The van der Waals surface area contributed by atoms with Crippen molar-refractivity contribution in [3.63, 3.8) is 0 Å². The first-order valence-electron chi connectivity index (χ1n) is 8.75. The van der Waals surface area contributed by atoms with Crippen molar-refractivity contribution in [1.29, 1.82) is 0 Å². The van der Waals surface area contributed by atoms with Gasteiger partial charge in [-0.3, -0.25) is 9.78 Å². The predicted octanol–water partition coefficient (Wildman–Crippen LogP) is 2.26. The van der Waals surface area contributed by atoms with E-state index in [4.69, 9.17) is 0 Å². The summed E-state index contributed by atoms with van der Waals surface area (Å²) in [7, 11) is 0. The number of hydrogen-bond acceptors (Lipinski definition) is 4. The first-order valence-corrected chi connectivity index (χ1v) is 8.75. The number of hydrogen-bond donors (Lipinski definition) is 0. The summed E-state index contributed by atoms with van der Waals surface area (Å²) < 4.78 is 1.97. The zero-order valence-electron chi connectivity index (χ0n) is 14.1. The minimum absolute atomic E-state index is 0.129. The highest BCUT2D eigenvalue weighted by molar-refractivity contribution is 5.80. The fourth-order valence-corrected chi connectivity index (χ4v) is 4.35. The van der Waals surface area contributed by atoms with Crippen LogP contribution in [0.5, 0.6) is 0 Å². The molecule has 6 heteroatoms. The van der Waals surface area contributed by atoms with Gasteiger partial charge in [-0.2, -0.15) is 5.10 Å². The predicted molar refractivity (Wildman–Crippen MR) is 92.0 cm³/mol. The maximum atomic E-state index is 13.0. The third-order valence-electron chi connectivity index (χ3n) is 5.42. The van der Waals surface area contributed by atoms with Gasteiger partial charge in [0.15, 0.2) is 5.65 Å². The van der Waals surface area contributed by atoms with Gasteiger partial charge in [0.05, 0.1) is 23.9 Å². The summed E-state index contributed by atoms with van der Waals surface area (Å²) in [5.41, 5.74) is 5.27. The number of amides is 1. The Hall–Kier alpha value is -2.76. The number of aromatic nitrogens is 4. The summed E-state index contributed by atoms with van der Waals surface area (Å²) in [4.78, 5) is 23.6. The second-order valence-electron chi connectivity index (χ2n) is 7.00. The molecular weight excluding hydrogens is 314 g/mol. The minimum atomic E-state index is 0.129. The lowest BCUT2D eigenvalue weighted by molar-refractivity contribution is -0.134. The van der Waals surface area contributed by atoms with E-state index >= 15 is 0 Å². The summed E-state index contributed by atoms with van der Waals surface area (Å²) in [6.45, 7) is 1.99. The average Bonchev–Trinajstić information content (AvgIpc) is 3.15. The van der Waals surface area contributed by atoms with Gasteiger partial charge in [0, 0.05) is 42.7 Å². The molecule has 0 aliphatic carbocycles. The molecule has 2 aliphatic heterocycles. The van der Waals surface area contributed by atoms with Gasteiger partial charge < -0.3 is 4.90 Å². The first-order chi connectivity index (χ1) is 12.2. The molecule has 25 heavy (non-hydrogen) atoms. The van der Waals surface area contributed by atoms with Crippen molar-refractivity contribution in [2.24, 2.45) is 0 Å². The quantitative estimate of drug-likeness (QED) is 0.722. The van der Waals surface area contributed by atoms with Crippen LogP contribution in [0.25, 0.3) is 5.65 Å². The number of pyridine rings is 1. The van der Waals surface area contributed by atoms with E-state index in [-0.39, 0.29) is 18.0 Å². The van der Waals surface area contributed by atoms with Crippen LogP contribution in [0.2, 0.25) is 0 Å². The molecule has 5 rings (SSSR count). The number of carbonyl (C=O) groups is 1. The fraction of sp³-hybridized carbons (Fsp3) is 0.368. The van der Waals surface area contributed by atoms with Crippen LogP contribution >= 0.6 is 0 Å². The third-order valence-corrected chi connectivity index (χ3v) is 5.42. The van der Waals surface area contributed by atoms with E-state index in [1.54, 1.807) is 12.4 Å². The molecule has 1 saturated heterocycles. The molecule has 5 heterocycles. The highest BCUT2D eigenvalue weighted by Gasteiger charge is 2.43. The van der Waals surface area contributed by atoms with Crippen molar-refractivity contribution in [1.82, 2.24) is 24.5 Å². The van der Waals surface area contributed by atoms with Crippen molar-refractivity contribution in [3.05, 3.63) is 59.3 Å². The van der Waals surface area contributed by atoms with E-state index in [2.05, 4.69) is 20.0 Å². The Kier molecular flexibility index (Phi) is 3.13. The zero-order valence-corrected chi connectivity index (χ0v) is 14.1. The summed E-state index contributed by atoms with van der Waals surface area (Å²) >= 11 is 0. The van der Waals surface area contributed by atoms with E-state index in [9.17, 15) is 4.79 Å². The van der Waals surface area contributed by atoms with Gasteiger partial charge in [-0.1, -0.05) is 0 Å². The summed E-state index contributed by atoms with van der Waals surface area (Å²) in [6.07, 6.45) is 8.77. The molecule has 0 radical (unpaired) electrons. The second kappa shape index (κ2) is 5.37. The average molecular weight is 333 g/mol. The van der Waals surface area contributed by atoms with E-state index in [1.165, 1.54) is 5.69 Å². The molecule has 3 aromatic heterocycles. The number of fused-ring (bicyclic) bond motifs is 6. The highest BCUT2D eigenvalue weighted by Crippen LogP contribution is 2.43. The third kappa shape index (κ3) is 2.24. The van der Waals surface area contributed by atoms with Crippen molar-refractivity contribution >= 4 is 11.6 Å². The molecule has 1 amide bonds. The molecule has 126 valence electrons. The van der Waals surface area contributed by atoms with Gasteiger partial charge in [-0.05, 0) is 37.5 Å². The van der Waals surface area contributed by atoms with Gasteiger partial charge in [0.25, 0.3) is 0 Å². The van der Waals surface area contributed by atoms with Crippen LogP contribution in [0.1, 0.15) is 41.4 Å². The Bertz CT molecular complexity index is 965. The Balaban J connectivity index is 1.51. The van der Waals surface area contributed by atoms with Gasteiger partial charge in [0.1, 0.15) is 0 Å². The van der Waals surface area contributed by atoms with E-state index in [0.717, 1.165) is 41.7 Å². The van der Waals surface area contributed by atoms with Crippen LogP contribution in [0, 0.1) is 6.92 Å². The number of rotatable bonds is 2. The number of nitrogens with zero attached hydrogens (tertiary/aromatic N) is 5. The topological polar surface area (TPSA) is 63.4 Å². The summed E-state index contributed by atoms with van der Waals surface area (Å²) in [5, 5.41) is 4.60. The lowest BCUT2D eigenvalue weighted by atomic mass is 9.98. The number of carbonyl (C=O) groups excluding carboxylic acids is 1. The highest BCUT2D eigenvalue weighted by atomic mass is 16.2. The van der Waals surface area contributed by atoms with Crippen LogP contribution < -0.4 is 0 Å². The largest absolute Gasteiger partial charge is 0.332 e. The van der Waals surface area contributed by atoms with Gasteiger partial charge >= 0.3 is 0 Å². The van der Waals surface area contributed by atoms with Crippen LogP contribution in [-0.4, -0.2) is 36.4 Å². The SMILES string of the molecule is Cc1cc2ncc3c(n2n1)C[C@H]1CC[C@@H]3N1C(=O)Cc1ccncc1. The molecule has 6 nitrogen and oxygen atoms in total. The Morgan fingerprint density at radius 2 is 2.12 bits per heavy atom. The molecule has 0 unspecified atom stereocenters. The molecular formula is C19H19N5O. The molecule has 1 fully saturated rings. The Labute approximate surface area is 145 Å². The first kappa shape index (κ1) is 14.6. The molecule has 2 aliphatic rings. The maximum absolute atomic E-state index is 13.0. The summed E-state index contributed by atoms with van der Waals surface area (Å²) in [6, 6.07) is 6.22. The van der Waals surface area contributed by atoms with Crippen molar-refractivity contribution in [2.75, 3.05) is 0 Å².